The first-order valence-electron chi connectivity index (χ1n) is 4.59. The first kappa shape index (κ1) is 12.4. The Morgan fingerprint density at radius 3 is 2.38 bits per heavy atom. The fourth-order valence-corrected chi connectivity index (χ4v) is 3.03. The van der Waals surface area contributed by atoms with E-state index in [1.807, 2.05) is 30.3 Å². The predicted octanol–water partition coefficient (Wildman–Crippen LogP) is 5.02. The van der Waals surface area contributed by atoms with Gasteiger partial charge in [-0.15, -0.1) is 0 Å². The molecule has 1 N–H and O–H groups in total. The molecule has 84 valence electrons. The lowest BCUT2D eigenvalue weighted by molar-refractivity contribution is 0.493. The Hall–Kier alpha value is -0.0100. The summed E-state index contributed by atoms with van der Waals surface area (Å²) in [6, 6.07) is 9.90. The van der Waals surface area contributed by atoms with Crippen LogP contribution in [0.25, 0.3) is 0 Å². The van der Waals surface area contributed by atoms with E-state index in [4.69, 9.17) is 4.42 Å². The molecule has 0 saturated heterocycles. The number of para-hydroxylation sites is 1. The summed E-state index contributed by atoms with van der Waals surface area (Å²) in [7, 11) is 0. The SMILES string of the molecule is Brc1cccc(Br)c1NCc1ccc(I)o1. The van der Waals surface area contributed by atoms with Gasteiger partial charge in [0.05, 0.1) is 12.2 Å². The Morgan fingerprint density at radius 1 is 1.12 bits per heavy atom. The number of furan rings is 1. The second-order valence-electron chi connectivity index (χ2n) is 3.16. The molecule has 0 unspecified atom stereocenters. The zero-order valence-corrected chi connectivity index (χ0v) is 13.5. The summed E-state index contributed by atoms with van der Waals surface area (Å²) in [5.74, 6) is 0.923. The zero-order chi connectivity index (χ0) is 11.5. The summed E-state index contributed by atoms with van der Waals surface area (Å²) >= 11 is 9.16. The van der Waals surface area contributed by atoms with Crippen molar-refractivity contribution in [3.05, 3.63) is 48.8 Å². The van der Waals surface area contributed by atoms with Crippen LogP contribution in [0, 0.1) is 3.77 Å². The lowest BCUT2D eigenvalue weighted by atomic mass is 10.3. The average Bonchev–Trinajstić information content (AvgIpc) is 2.63. The van der Waals surface area contributed by atoms with E-state index in [1.165, 1.54) is 0 Å². The molecule has 2 rings (SSSR count). The van der Waals surface area contributed by atoms with E-state index < -0.39 is 0 Å². The highest BCUT2D eigenvalue weighted by atomic mass is 127. The largest absolute Gasteiger partial charge is 0.454 e. The number of benzene rings is 1. The highest BCUT2D eigenvalue weighted by Gasteiger charge is 2.05. The number of rotatable bonds is 3. The van der Waals surface area contributed by atoms with Crippen molar-refractivity contribution in [1.29, 1.82) is 0 Å². The lowest BCUT2D eigenvalue weighted by Gasteiger charge is -2.08. The quantitative estimate of drug-likeness (QED) is 0.656. The van der Waals surface area contributed by atoms with Gasteiger partial charge in [-0.25, -0.2) is 0 Å². The smallest absolute Gasteiger partial charge is 0.164 e. The molecule has 0 aliphatic carbocycles. The van der Waals surface area contributed by atoms with Crippen molar-refractivity contribution >= 4 is 60.1 Å². The van der Waals surface area contributed by atoms with Crippen LogP contribution in [0.5, 0.6) is 0 Å². The summed E-state index contributed by atoms with van der Waals surface area (Å²) in [5.41, 5.74) is 1.04. The molecule has 16 heavy (non-hydrogen) atoms. The van der Waals surface area contributed by atoms with E-state index >= 15 is 0 Å². The Kier molecular flexibility index (Phi) is 4.32. The fourth-order valence-electron chi connectivity index (χ4n) is 1.29. The van der Waals surface area contributed by atoms with Crippen molar-refractivity contribution in [3.8, 4) is 0 Å². The topological polar surface area (TPSA) is 25.2 Å². The number of nitrogens with one attached hydrogen (secondary N) is 1. The Morgan fingerprint density at radius 2 is 1.81 bits per heavy atom. The summed E-state index contributed by atoms with van der Waals surface area (Å²) < 4.78 is 8.44. The van der Waals surface area contributed by atoms with Gasteiger partial charge in [0.1, 0.15) is 5.76 Å². The second kappa shape index (κ2) is 5.55. The van der Waals surface area contributed by atoms with Crippen LogP contribution in [0.1, 0.15) is 5.76 Å². The van der Waals surface area contributed by atoms with Crippen molar-refractivity contribution < 1.29 is 4.42 Å². The minimum atomic E-state index is 0.671. The molecule has 0 radical (unpaired) electrons. The van der Waals surface area contributed by atoms with E-state index in [2.05, 4.69) is 59.8 Å². The number of anilines is 1. The van der Waals surface area contributed by atoms with E-state index in [0.29, 0.717) is 6.54 Å². The third-order valence-corrected chi connectivity index (χ3v) is 3.93. The molecule has 0 atom stereocenters. The molecule has 5 heteroatoms. The first-order chi connectivity index (χ1) is 7.66. The van der Waals surface area contributed by atoms with E-state index in [1.54, 1.807) is 0 Å². The van der Waals surface area contributed by atoms with Gasteiger partial charge in [-0.1, -0.05) is 6.07 Å². The van der Waals surface area contributed by atoms with Crippen LogP contribution < -0.4 is 5.32 Å². The molecule has 0 amide bonds. The molecule has 0 saturated carbocycles. The van der Waals surface area contributed by atoms with Gasteiger partial charge in [0, 0.05) is 8.95 Å². The lowest BCUT2D eigenvalue weighted by Crippen LogP contribution is -1.99. The van der Waals surface area contributed by atoms with Crippen molar-refractivity contribution in [2.75, 3.05) is 5.32 Å². The van der Waals surface area contributed by atoms with Crippen LogP contribution in [-0.2, 0) is 6.54 Å². The maximum Gasteiger partial charge on any atom is 0.164 e. The maximum absolute atomic E-state index is 5.48. The molecule has 0 fully saturated rings. The normalized spacial score (nSPS) is 10.4. The molecule has 0 aliphatic rings. The molecule has 1 aromatic carbocycles. The molecular formula is C11H8Br2INO. The fraction of sp³-hybridized carbons (Fsp3) is 0.0909. The minimum Gasteiger partial charge on any atom is -0.454 e. The van der Waals surface area contributed by atoms with E-state index in [9.17, 15) is 0 Å². The first-order valence-corrected chi connectivity index (χ1v) is 7.25. The van der Waals surface area contributed by atoms with Crippen LogP contribution in [0.3, 0.4) is 0 Å². The second-order valence-corrected chi connectivity index (χ2v) is 5.93. The summed E-state index contributed by atoms with van der Waals surface area (Å²) in [5, 5.41) is 3.32. The van der Waals surface area contributed by atoms with Gasteiger partial charge < -0.3 is 9.73 Å². The van der Waals surface area contributed by atoms with Crippen LogP contribution in [-0.4, -0.2) is 0 Å². The third kappa shape index (κ3) is 3.01. The summed E-state index contributed by atoms with van der Waals surface area (Å²) in [4.78, 5) is 0. The van der Waals surface area contributed by atoms with Gasteiger partial charge in [0.2, 0.25) is 0 Å². The Labute approximate surface area is 124 Å². The average molecular weight is 457 g/mol. The predicted molar refractivity (Wildman–Crippen MR) is 80.6 cm³/mol. The molecule has 0 bridgehead atoms. The Bertz CT molecular complexity index is 478. The molecule has 1 heterocycles. The molecule has 1 aromatic heterocycles. The van der Waals surface area contributed by atoms with Gasteiger partial charge in [-0.05, 0) is 78.7 Å². The number of halogens is 3. The highest BCUT2D eigenvalue weighted by Crippen LogP contribution is 2.30. The van der Waals surface area contributed by atoms with Crippen LogP contribution in [0.2, 0.25) is 0 Å². The Balaban J connectivity index is 2.10. The van der Waals surface area contributed by atoms with Gasteiger partial charge in [0.15, 0.2) is 3.77 Å². The van der Waals surface area contributed by atoms with Crippen molar-refractivity contribution in [1.82, 2.24) is 0 Å². The molecule has 0 aliphatic heterocycles. The van der Waals surface area contributed by atoms with Crippen LogP contribution in [0.4, 0.5) is 5.69 Å². The van der Waals surface area contributed by atoms with E-state index in [0.717, 1.165) is 24.2 Å². The molecule has 2 aromatic rings. The third-order valence-electron chi connectivity index (χ3n) is 2.03. The van der Waals surface area contributed by atoms with Gasteiger partial charge in [0.25, 0.3) is 0 Å². The summed E-state index contributed by atoms with van der Waals surface area (Å²) in [6.07, 6.45) is 0. The minimum absolute atomic E-state index is 0.671. The van der Waals surface area contributed by atoms with Gasteiger partial charge in [-0.3, -0.25) is 0 Å². The molecule has 0 spiro atoms. The number of hydrogen-bond acceptors (Lipinski definition) is 2. The molecular weight excluding hydrogens is 449 g/mol. The van der Waals surface area contributed by atoms with Crippen molar-refractivity contribution in [2.45, 2.75) is 6.54 Å². The van der Waals surface area contributed by atoms with E-state index in [-0.39, 0.29) is 0 Å². The van der Waals surface area contributed by atoms with Crippen LogP contribution in [0.15, 0.2) is 43.7 Å². The molecule has 2 nitrogen and oxygen atoms in total. The van der Waals surface area contributed by atoms with Crippen molar-refractivity contribution in [2.24, 2.45) is 0 Å². The van der Waals surface area contributed by atoms with Gasteiger partial charge in [-0.2, -0.15) is 0 Å². The number of hydrogen-bond donors (Lipinski definition) is 1. The highest BCUT2D eigenvalue weighted by molar-refractivity contribution is 14.1. The van der Waals surface area contributed by atoms with Crippen molar-refractivity contribution in [3.63, 3.8) is 0 Å². The monoisotopic (exact) mass is 455 g/mol. The maximum atomic E-state index is 5.48. The summed E-state index contributed by atoms with van der Waals surface area (Å²) in [6.45, 7) is 0.671. The zero-order valence-electron chi connectivity index (χ0n) is 8.14. The standard InChI is InChI=1S/C11H8Br2INO/c12-8-2-1-3-9(13)11(8)15-6-7-4-5-10(14)16-7/h1-5,15H,6H2. The van der Waals surface area contributed by atoms with Crippen LogP contribution >= 0.6 is 54.5 Å². The van der Waals surface area contributed by atoms with Gasteiger partial charge >= 0.3 is 0 Å².